The molecule has 2 aromatic heterocycles. The first-order chi connectivity index (χ1) is 7.84. The Kier molecular flexibility index (Phi) is 1.86. The van der Waals surface area contributed by atoms with Gasteiger partial charge in [-0.1, -0.05) is 18.2 Å². The van der Waals surface area contributed by atoms with Crippen LogP contribution in [0.5, 0.6) is 0 Å². The van der Waals surface area contributed by atoms with Crippen molar-refractivity contribution in [1.29, 1.82) is 0 Å². The van der Waals surface area contributed by atoms with Crippen molar-refractivity contribution in [2.45, 2.75) is 0 Å². The van der Waals surface area contributed by atoms with Crippen molar-refractivity contribution in [3.63, 3.8) is 0 Å². The number of aromatic amines is 1. The van der Waals surface area contributed by atoms with Gasteiger partial charge in [0.1, 0.15) is 0 Å². The van der Waals surface area contributed by atoms with Gasteiger partial charge in [-0.2, -0.15) is 4.98 Å². The van der Waals surface area contributed by atoms with Gasteiger partial charge in [-0.15, -0.1) is 0 Å². The average molecular weight is 212 g/mol. The van der Waals surface area contributed by atoms with Crippen molar-refractivity contribution in [2.24, 2.45) is 0 Å². The molecule has 0 aliphatic heterocycles. The van der Waals surface area contributed by atoms with E-state index >= 15 is 0 Å². The number of nitrogens with zero attached hydrogens (tertiary/aromatic N) is 1. The number of fused-ring (bicyclic) bond motifs is 1. The first-order valence-corrected chi connectivity index (χ1v) is 4.86. The normalized spacial score (nSPS) is 10.8. The maximum absolute atomic E-state index is 11.4. The monoisotopic (exact) mass is 212 g/mol. The molecular weight excluding hydrogens is 204 g/mol. The first kappa shape index (κ1) is 8.91. The predicted molar refractivity (Wildman–Crippen MR) is 60.1 cm³/mol. The summed E-state index contributed by atoms with van der Waals surface area (Å²) in [6, 6.07) is 9.33. The fraction of sp³-hybridized carbons (Fsp3) is 0. The largest absolute Gasteiger partial charge is 0.472 e. The first-order valence-electron chi connectivity index (χ1n) is 4.86. The molecule has 0 bridgehead atoms. The van der Waals surface area contributed by atoms with Crippen LogP contribution in [0, 0.1) is 0 Å². The minimum absolute atomic E-state index is 0.352. The van der Waals surface area contributed by atoms with Gasteiger partial charge in [0, 0.05) is 10.9 Å². The Labute approximate surface area is 90.6 Å². The average Bonchev–Trinajstić information content (AvgIpc) is 2.81. The Morgan fingerprint density at radius 3 is 2.88 bits per heavy atom. The Hall–Kier alpha value is -2.36. The van der Waals surface area contributed by atoms with Crippen LogP contribution in [-0.4, -0.2) is 9.97 Å². The van der Waals surface area contributed by atoms with Gasteiger partial charge >= 0.3 is 5.69 Å². The molecule has 0 unspecified atom stereocenters. The van der Waals surface area contributed by atoms with Crippen molar-refractivity contribution in [2.75, 3.05) is 0 Å². The van der Waals surface area contributed by atoms with Gasteiger partial charge in [-0.05, 0) is 12.1 Å². The number of para-hydroxylation sites is 1. The number of nitrogens with one attached hydrogen (secondary N) is 1. The molecule has 3 rings (SSSR count). The topological polar surface area (TPSA) is 58.9 Å². The molecule has 4 nitrogen and oxygen atoms in total. The Morgan fingerprint density at radius 1 is 1.19 bits per heavy atom. The third kappa shape index (κ3) is 1.32. The summed E-state index contributed by atoms with van der Waals surface area (Å²) in [6.07, 6.45) is 3.14. The van der Waals surface area contributed by atoms with Crippen LogP contribution in [-0.2, 0) is 0 Å². The van der Waals surface area contributed by atoms with E-state index in [-0.39, 0.29) is 5.69 Å². The van der Waals surface area contributed by atoms with Crippen LogP contribution < -0.4 is 5.69 Å². The van der Waals surface area contributed by atoms with Crippen LogP contribution in [0.3, 0.4) is 0 Å². The highest BCUT2D eigenvalue weighted by Crippen LogP contribution is 2.23. The molecule has 0 radical (unpaired) electrons. The molecule has 78 valence electrons. The maximum Gasteiger partial charge on any atom is 0.345 e. The summed E-state index contributed by atoms with van der Waals surface area (Å²) < 4.78 is 5.01. The second-order valence-electron chi connectivity index (χ2n) is 3.45. The van der Waals surface area contributed by atoms with Gasteiger partial charge in [0.25, 0.3) is 0 Å². The molecule has 0 atom stereocenters. The van der Waals surface area contributed by atoms with Gasteiger partial charge < -0.3 is 9.40 Å². The molecule has 0 fully saturated rings. The van der Waals surface area contributed by atoms with E-state index in [4.69, 9.17) is 4.42 Å². The standard InChI is InChI=1S/C12H8N2O2/c15-12-13-10-4-2-1-3-9(10)11(14-12)8-5-6-16-7-8/h1-7H,(H,13,14,15). The van der Waals surface area contributed by atoms with Gasteiger partial charge in [-0.25, -0.2) is 4.79 Å². The highest BCUT2D eigenvalue weighted by Gasteiger charge is 2.07. The number of H-pyrrole nitrogens is 1. The van der Waals surface area contributed by atoms with Gasteiger partial charge in [0.05, 0.1) is 23.7 Å². The zero-order valence-electron chi connectivity index (χ0n) is 8.31. The quantitative estimate of drug-likeness (QED) is 0.672. The molecule has 0 aliphatic rings. The van der Waals surface area contributed by atoms with E-state index in [0.717, 1.165) is 16.5 Å². The maximum atomic E-state index is 11.4. The number of hydrogen-bond donors (Lipinski definition) is 1. The van der Waals surface area contributed by atoms with Crippen molar-refractivity contribution in [3.8, 4) is 11.3 Å². The van der Waals surface area contributed by atoms with E-state index in [1.807, 2.05) is 24.3 Å². The van der Waals surface area contributed by atoms with E-state index in [0.29, 0.717) is 5.69 Å². The van der Waals surface area contributed by atoms with E-state index in [1.165, 1.54) is 0 Å². The van der Waals surface area contributed by atoms with Gasteiger partial charge in [0.2, 0.25) is 0 Å². The molecule has 1 N–H and O–H groups in total. The number of furan rings is 1. The summed E-state index contributed by atoms with van der Waals surface area (Å²) in [5.41, 5.74) is 1.88. The molecule has 16 heavy (non-hydrogen) atoms. The summed E-state index contributed by atoms with van der Waals surface area (Å²) >= 11 is 0. The third-order valence-electron chi connectivity index (χ3n) is 2.43. The molecule has 0 spiro atoms. The molecule has 4 heteroatoms. The van der Waals surface area contributed by atoms with Gasteiger partial charge in [0.15, 0.2) is 0 Å². The van der Waals surface area contributed by atoms with Crippen LogP contribution in [0.2, 0.25) is 0 Å². The van der Waals surface area contributed by atoms with E-state index in [2.05, 4.69) is 9.97 Å². The lowest BCUT2D eigenvalue weighted by Crippen LogP contribution is -2.10. The van der Waals surface area contributed by atoms with Crippen LogP contribution in [0.1, 0.15) is 0 Å². The molecule has 1 aromatic carbocycles. The lowest BCUT2D eigenvalue weighted by Gasteiger charge is -2.01. The lowest BCUT2D eigenvalue weighted by atomic mass is 10.1. The Morgan fingerprint density at radius 2 is 2.06 bits per heavy atom. The second kappa shape index (κ2) is 3.34. The minimum Gasteiger partial charge on any atom is -0.472 e. The SMILES string of the molecule is O=c1nc(-c2ccoc2)c2ccccc2[nH]1. The fourth-order valence-electron chi connectivity index (χ4n) is 1.72. The smallest absolute Gasteiger partial charge is 0.345 e. The third-order valence-corrected chi connectivity index (χ3v) is 2.43. The zero-order chi connectivity index (χ0) is 11.0. The summed E-state index contributed by atoms with van der Waals surface area (Å²) in [4.78, 5) is 18.1. The number of benzene rings is 1. The van der Waals surface area contributed by atoms with Crippen molar-refractivity contribution in [3.05, 3.63) is 53.3 Å². The number of rotatable bonds is 1. The minimum atomic E-state index is -0.352. The second-order valence-corrected chi connectivity index (χ2v) is 3.45. The summed E-state index contributed by atoms with van der Waals surface area (Å²) in [5, 5.41) is 0.906. The highest BCUT2D eigenvalue weighted by atomic mass is 16.3. The predicted octanol–water partition coefficient (Wildman–Crippen LogP) is 2.18. The van der Waals surface area contributed by atoms with Crippen LogP contribution >= 0.6 is 0 Å². The molecular formula is C12H8N2O2. The Balaban J connectivity index is 2.44. The van der Waals surface area contributed by atoms with Crippen LogP contribution in [0.4, 0.5) is 0 Å². The van der Waals surface area contributed by atoms with Crippen molar-refractivity contribution >= 4 is 10.9 Å². The number of aromatic nitrogens is 2. The lowest BCUT2D eigenvalue weighted by molar-refractivity contribution is 0.568. The fourth-order valence-corrected chi connectivity index (χ4v) is 1.72. The summed E-state index contributed by atoms with van der Waals surface area (Å²) in [6.45, 7) is 0. The van der Waals surface area contributed by atoms with Gasteiger partial charge in [-0.3, -0.25) is 0 Å². The summed E-state index contributed by atoms with van der Waals surface area (Å²) in [5.74, 6) is 0. The number of hydrogen-bond acceptors (Lipinski definition) is 3. The molecule has 0 saturated heterocycles. The van der Waals surface area contributed by atoms with E-state index < -0.39 is 0 Å². The van der Waals surface area contributed by atoms with E-state index in [1.54, 1.807) is 18.6 Å². The summed E-state index contributed by atoms with van der Waals surface area (Å²) in [7, 11) is 0. The van der Waals surface area contributed by atoms with Crippen LogP contribution in [0.25, 0.3) is 22.2 Å². The molecule has 0 amide bonds. The zero-order valence-corrected chi connectivity index (χ0v) is 8.31. The van der Waals surface area contributed by atoms with Crippen molar-refractivity contribution < 1.29 is 4.42 Å². The molecule has 3 aromatic rings. The van der Waals surface area contributed by atoms with Crippen molar-refractivity contribution in [1.82, 2.24) is 9.97 Å². The Bertz CT molecular complexity index is 684. The van der Waals surface area contributed by atoms with Crippen LogP contribution in [0.15, 0.2) is 52.1 Å². The molecule has 0 saturated carbocycles. The molecule has 2 heterocycles. The molecule has 0 aliphatic carbocycles. The highest BCUT2D eigenvalue weighted by molar-refractivity contribution is 5.91. The van der Waals surface area contributed by atoms with E-state index in [9.17, 15) is 4.79 Å².